The van der Waals surface area contributed by atoms with Crippen LogP contribution < -0.4 is 0 Å². The third kappa shape index (κ3) is 3.85. The molecule has 0 radical (unpaired) electrons. The first-order valence-electron chi connectivity index (χ1n) is 10.8. The van der Waals surface area contributed by atoms with E-state index in [4.69, 9.17) is 0 Å². The average molecular weight is 367 g/mol. The van der Waals surface area contributed by atoms with E-state index >= 15 is 0 Å². The summed E-state index contributed by atoms with van der Waals surface area (Å²) in [6.45, 7) is 10.7. The molecule has 2 unspecified atom stereocenters. The number of nitrogens with zero attached hydrogens (tertiary/aromatic N) is 2. The lowest BCUT2D eigenvalue weighted by molar-refractivity contribution is -0.133. The molecule has 2 saturated heterocycles. The largest absolute Gasteiger partial charge is 0.342 e. The van der Waals surface area contributed by atoms with Gasteiger partial charge in [-0.1, -0.05) is 44.2 Å². The molecule has 27 heavy (non-hydrogen) atoms. The summed E-state index contributed by atoms with van der Waals surface area (Å²) in [5, 5.41) is 0. The van der Waals surface area contributed by atoms with Crippen LogP contribution >= 0.6 is 0 Å². The van der Waals surface area contributed by atoms with Gasteiger partial charge in [-0.2, -0.15) is 0 Å². The highest BCUT2D eigenvalue weighted by Crippen LogP contribution is 2.43. The predicted octanol–water partition coefficient (Wildman–Crippen LogP) is 4.23. The van der Waals surface area contributed by atoms with Crippen molar-refractivity contribution in [3.05, 3.63) is 41.5 Å². The molecule has 3 atom stereocenters. The SMILES string of the molecule is CC(C)C(=O)N1CC2CC=C(c3ccc(CCN4CCC[C@H]4C)cc3)C2C1. The number of rotatable bonds is 5. The van der Waals surface area contributed by atoms with Gasteiger partial charge in [0.1, 0.15) is 0 Å². The fourth-order valence-corrected chi connectivity index (χ4v) is 5.23. The lowest BCUT2D eigenvalue weighted by Gasteiger charge is -2.21. The predicted molar refractivity (Wildman–Crippen MR) is 111 cm³/mol. The van der Waals surface area contributed by atoms with Gasteiger partial charge in [0.15, 0.2) is 0 Å². The number of carbonyl (C=O) groups is 1. The van der Waals surface area contributed by atoms with Crippen molar-refractivity contribution in [1.82, 2.24) is 9.80 Å². The smallest absolute Gasteiger partial charge is 0.225 e. The first-order valence-corrected chi connectivity index (χ1v) is 10.8. The van der Waals surface area contributed by atoms with Gasteiger partial charge in [-0.05, 0) is 61.8 Å². The number of allylic oxidation sites excluding steroid dienone is 1. The van der Waals surface area contributed by atoms with Crippen LogP contribution in [0.15, 0.2) is 30.3 Å². The summed E-state index contributed by atoms with van der Waals surface area (Å²) in [6, 6.07) is 10.0. The van der Waals surface area contributed by atoms with E-state index in [0.717, 1.165) is 32.0 Å². The first kappa shape index (κ1) is 18.7. The van der Waals surface area contributed by atoms with E-state index in [-0.39, 0.29) is 5.92 Å². The topological polar surface area (TPSA) is 23.6 Å². The van der Waals surface area contributed by atoms with Crippen molar-refractivity contribution in [2.75, 3.05) is 26.2 Å². The van der Waals surface area contributed by atoms with Crippen molar-refractivity contribution < 1.29 is 4.79 Å². The Morgan fingerprint density at radius 3 is 2.63 bits per heavy atom. The molecule has 0 aromatic heterocycles. The van der Waals surface area contributed by atoms with Crippen LogP contribution in [-0.2, 0) is 11.2 Å². The monoisotopic (exact) mass is 366 g/mol. The van der Waals surface area contributed by atoms with E-state index in [0.29, 0.717) is 17.7 Å². The Kier molecular flexibility index (Phi) is 5.41. The summed E-state index contributed by atoms with van der Waals surface area (Å²) in [6.07, 6.45) is 7.40. The van der Waals surface area contributed by atoms with Gasteiger partial charge in [0.2, 0.25) is 5.91 Å². The van der Waals surface area contributed by atoms with E-state index in [1.54, 1.807) is 0 Å². The van der Waals surface area contributed by atoms with Crippen LogP contribution in [0.3, 0.4) is 0 Å². The maximum Gasteiger partial charge on any atom is 0.225 e. The molecule has 2 heterocycles. The lowest BCUT2D eigenvalue weighted by Crippen LogP contribution is -2.32. The minimum atomic E-state index is 0.105. The molecule has 1 aliphatic carbocycles. The minimum Gasteiger partial charge on any atom is -0.342 e. The van der Waals surface area contributed by atoms with Gasteiger partial charge in [-0.3, -0.25) is 4.79 Å². The van der Waals surface area contributed by atoms with E-state index in [9.17, 15) is 4.79 Å². The molecule has 1 amide bonds. The van der Waals surface area contributed by atoms with Crippen LogP contribution in [0, 0.1) is 17.8 Å². The number of hydrogen-bond donors (Lipinski definition) is 0. The number of hydrogen-bond acceptors (Lipinski definition) is 2. The second-order valence-corrected chi connectivity index (χ2v) is 9.13. The van der Waals surface area contributed by atoms with Crippen LogP contribution in [0.1, 0.15) is 51.2 Å². The fraction of sp³-hybridized carbons (Fsp3) is 0.625. The number of fused-ring (bicyclic) bond motifs is 1. The Morgan fingerprint density at radius 1 is 1.19 bits per heavy atom. The lowest BCUT2D eigenvalue weighted by atomic mass is 9.90. The number of carbonyl (C=O) groups excluding carboxylic acids is 1. The Hall–Kier alpha value is -1.61. The zero-order chi connectivity index (χ0) is 19.0. The van der Waals surface area contributed by atoms with Crippen molar-refractivity contribution >= 4 is 11.5 Å². The molecule has 146 valence electrons. The molecule has 0 bridgehead atoms. The van der Waals surface area contributed by atoms with Crippen LogP contribution in [0.2, 0.25) is 0 Å². The maximum absolute atomic E-state index is 12.4. The summed E-state index contributed by atoms with van der Waals surface area (Å²) in [5.41, 5.74) is 4.27. The first-order chi connectivity index (χ1) is 13.0. The summed E-state index contributed by atoms with van der Waals surface area (Å²) < 4.78 is 0. The van der Waals surface area contributed by atoms with Crippen LogP contribution in [-0.4, -0.2) is 47.9 Å². The summed E-state index contributed by atoms with van der Waals surface area (Å²) in [5.74, 6) is 1.58. The minimum absolute atomic E-state index is 0.105. The van der Waals surface area contributed by atoms with Gasteiger partial charge in [0.05, 0.1) is 0 Å². The highest BCUT2D eigenvalue weighted by Gasteiger charge is 2.40. The Balaban J connectivity index is 1.37. The molecule has 0 N–H and O–H groups in total. The molecule has 3 nitrogen and oxygen atoms in total. The third-order valence-electron chi connectivity index (χ3n) is 6.95. The molecule has 1 aromatic carbocycles. The van der Waals surface area contributed by atoms with Gasteiger partial charge in [0.25, 0.3) is 0 Å². The van der Waals surface area contributed by atoms with Crippen molar-refractivity contribution in [3.63, 3.8) is 0 Å². The Labute approximate surface area is 164 Å². The molecule has 3 aliphatic rings. The van der Waals surface area contributed by atoms with Crippen LogP contribution in [0.4, 0.5) is 0 Å². The van der Waals surface area contributed by atoms with Gasteiger partial charge < -0.3 is 9.80 Å². The number of amides is 1. The number of likely N-dealkylation sites (tertiary alicyclic amines) is 2. The summed E-state index contributed by atoms with van der Waals surface area (Å²) in [4.78, 5) is 17.1. The summed E-state index contributed by atoms with van der Waals surface area (Å²) >= 11 is 0. The van der Waals surface area contributed by atoms with Gasteiger partial charge >= 0.3 is 0 Å². The molecule has 2 fully saturated rings. The normalized spacial score (nSPS) is 28.1. The highest BCUT2D eigenvalue weighted by atomic mass is 16.2. The van der Waals surface area contributed by atoms with Gasteiger partial charge in [-0.25, -0.2) is 0 Å². The molecular weight excluding hydrogens is 332 g/mol. The second-order valence-electron chi connectivity index (χ2n) is 9.13. The molecule has 4 rings (SSSR count). The van der Waals surface area contributed by atoms with E-state index in [2.05, 4.69) is 47.1 Å². The standard InChI is InChI=1S/C24H34N2O/c1-17(2)24(27)26-15-21-10-11-22(23(21)16-26)20-8-6-19(7-9-20)12-14-25-13-4-5-18(25)3/h6-9,11,17-18,21,23H,4-5,10,12-16H2,1-3H3/t18-,21?,23?/m1/s1. The molecule has 1 aromatic rings. The zero-order valence-electron chi connectivity index (χ0n) is 17.2. The Morgan fingerprint density at radius 2 is 1.96 bits per heavy atom. The van der Waals surface area contributed by atoms with E-state index in [1.165, 1.54) is 42.6 Å². The van der Waals surface area contributed by atoms with Crippen molar-refractivity contribution in [2.24, 2.45) is 17.8 Å². The van der Waals surface area contributed by atoms with Gasteiger partial charge in [0, 0.05) is 37.5 Å². The van der Waals surface area contributed by atoms with Crippen LogP contribution in [0.5, 0.6) is 0 Å². The molecular formula is C24H34N2O. The average Bonchev–Trinajstić information content (AvgIpc) is 3.35. The van der Waals surface area contributed by atoms with E-state index in [1.807, 2.05) is 13.8 Å². The maximum atomic E-state index is 12.4. The van der Waals surface area contributed by atoms with E-state index < -0.39 is 0 Å². The second kappa shape index (κ2) is 7.79. The van der Waals surface area contributed by atoms with Crippen molar-refractivity contribution in [2.45, 2.75) is 52.5 Å². The van der Waals surface area contributed by atoms with Crippen molar-refractivity contribution in [1.29, 1.82) is 0 Å². The zero-order valence-corrected chi connectivity index (χ0v) is 17.2. The molecule has 0 saturated carbocycles. The Bertz CT molecular complexity index is 706. The molecule has 0 spiro atoms. The number of benzene rings is 1. The molecule has 3 heteroatoms. The highest BCUT2D eigenvalue weighted by molar-refractivity contribution is 5.80. The van der Waals surface area contributed by atoms with Crippen molar-refractivity contribution in [3.8, 4) is 0 Å². The van der Waals surface area contributed by atoms with Gasteiger partial charge in [-0.15, -0.1) is 0 Å². The molecule has 2 aliphatic heterocycles. The third-order valence-corrected chi connectivity index (χ3v) is 6.95. The quantitative estimate of drug-likeness (QED) is 0.778. The summed E-state index contributed by atoms with van der Waals surface area (Å²) in [7, 11) is 0. The fourth-order valence-electron chi connectivity index (χ4n) is 5.23. The van der Waals surface area contributed by atoms with Crippen LogP contribution in [0.25, 0.3) is 5.57 Å².